The Kier molecular flexibility index (Phi) is 3.84. The van der Waals surface area contributed by atoms with Crippen LogP contribution in [0.4, 0.5) is 11.5 Å². The quantitative estimate of drug-likeness (QED) is 0.702. The van der Waals surface area contributed by atoms with Gasteiger partial charge in [-0.3, -0.25) is 0 Å². The molecule has 0 radical (unpaired) electrons. The molecule has 94 valence electrons. The van der Waals surface area contributed by atoms with E-state index in [-0.39, 0.29) is 0 Å². The molecule has 0 aromatic carbocycles. The van der Waals surface area contributed by atoms with Crippen LogP contribution in [0.2, 0.25) is 0 Å². The summed E-state index contributed by atoms with van der Waals surface area (Å²) < 4.78 is 0. The van der Waals surface area contributed by atoms with Crippen LogP contribution in [-0.4, -0.2) is 22.2 Å². The molecule has 0 atom stereocenters. The minimum absolute atomic E-state index is 0.490. The van der Waals surface area contributed by atoms with Crippen LogP contribution in [0.1, 0.15) is 38.5 Å². The Morgan fingerprint density at radius 3 is 2.65 bits per heavy atom. The fraction of sp³-hybridized carbons (Fsp3) is 0.615. The average molecular weight is 235 g/mol. The van der Waals surface area contributed by atoms with E-state index >= 15 is 0 Å². The Morgan fingerprint density at radius 2 is 2.00 bits per heavy atom. The molecule has 1 aliphatic carbocycles. The van der Waals surface area contributed by atoms with E-state index in [1.807, 2.05) is 12.1 Å². The number of pyridine rings is 1. The SMILES string of the molecule is Nc1ncccc1NCC1(O)CCCCCC1. The van der Waals surface area contributed by atoms with Gasteiger partial charge < -0.3 is 16.2 Å². The van der Waals surface area contributed by atoms with Crippen molar-refractivity contribution in [2.45, 2.75) is 44.1 Å². The maximum atomic E-state index is 10.5. The Bertz CT molecular complexity index is 359. The molecule has 0 unspecified atom stereocenters. The van der Waals surface area contributed by atoms with E-state index in [0.29, 0.717) is 12.4 Å². The van der Waals surface area contributed by atoms with Gasteiger partial charge in [-0.15, -0.1) is 0 Å². The second-order valence-electron chi connectivity index (χ2n) is 4.93. The topological polar surface area (TPSA) is 71.2 Å². The molecule has 0 amide bonds. The van der Waals surface area contributed by atoms with Gasteiger partial charge in [-0.1, -0.05) is 25.7 Å². The smallest absolute Gasteiger partial charge is 0.146 e. The van der Waals surface area contributed by atoms with Crippen LogP contribution in [-0.2, 0) is 0 Å². The van der Waals surface area contributed by atoms with Crippen LogP contribution >= 0.6 is 0 Å². The number of aliphatic hydroxyl groups is 1. The van der Waals surface area contributed by atoms with Crippen molar-refractivity contribution in [1.29, 1.82) is 0 Å². The summed E-state index contributed by atoms with van der Waals surface area (Å²) in [4.78, 5) is 4.02. The lowest BCUT2D eigenvalue weighted by atomic mass is 9.94. The largest absolute Gasteiger partial charge is 0.388 e. The minimum Gasteiger partial charge on any atom is -0.388 e. The number of nitrogens with one attached hydrogen (secondary N) is 1. The zero-order valence-electron chi connectivity index (χ0n) is 10.2. The summed E-state index contributed by atoms with van der Waals surface area (Å²) in [6.45, 7) is 0.558. The van der Waals surface area contributed by atoms with Gasteiger partial charge in [0.2, 0.25) is 0 Å². The van der Waals surface area contributed by atoms with Crippen LogP contribution in [0.15, 0.2) is 18.3 Å². The zero-order chi connectivity index (χ0) is 12.1. The van der Waals surface area contributed by atoms with E-state index in [2.05, 4.69) is 10.3 Å². The molecular weight excluding hydrogens is 214 g/mol. The molecule has 4 heteroatoms. The lowest BCUT2D eigenvalue weighted by Crippen LogP contribution is -2.36. The van der Waals surface area contributed by atoms with Crippen LogP contribution in [0.3, 0.4) is 0 Å². The molecule has 1 aromatic rings. The van der Waals surface area contributed by atoms with Gasteiger partial charge in [0.05, 0.1) is 11.3 Å². The molecule has 4 N–H and O–H groups in total. The molecule has 1 heterocycles. The normalized spacial score (nSPS) is 19.6. The number of hydrogen-bond donors (Lipinski definition) is 3. The van der Waals surface area contributed by atoms with E-state index in [0.717, 1.165) is 31.4 Å². The van der Waals surface area contributed by atoms with Crippen molar-refractivity contribution in [3.05, 3.63) is 18.3 Å². The average Bonchev–Trinajstić information content (AvgIpc) is 2.54. The second kappa shape index (κ2) is 5.36. The van der Waals surface area contributed by atoms with Crippen molar-refractivity contribution in [2.24, 2.45) is 0 Å². The highest BCUT2D eigenvalue weighted by Gasteiger charge is 2.27. The number of hydrogen-bond acceptors (Lipinski definition) is 4. The third-order valence-corrected chi connectivity index (χ3v) is 3.48. The molecule has 1 saturated carbocycles. The summed E-state index contributed by atoms with van der Waals surface area (Å²) in [5.41, 5.74) is 5.98. The maximum absolute atomic E-state index is 10.5. The van der Waals surface area contributed by atoms with Gasteiger partial charge in [0, 0.05) is 12.7 Å². The number of anilines is 2. The van der Waals surface area contributed by atoms with Gasteiger partial charge in [-0.2, -0.15) is 0 Å². The molecule has 0 saturated heterocycles. The summed E-state index contributed by atoms with van der Waals surface area (Å²) in [6, 6.07) is 3.73. The van der Waals surface area contributed by atoms with Crippen molar-refractivity contribution in [3.8, 4) is 0 Å². The van der Waals surface area contributed by atoms with E-state index in [1.165, 1.54) is 12.8 Å². The summed E-state index contributed by atoms with van der Waals surface area (Å²) in [5.74, 6) is 0.490. The second-order valence-corrected chi connectivity index (χ2v) is 4.93. The number of nitrogen functional groups attached to an aromatic ring is 1. The Balaban J connectivity index is 1.94. The molecule has 1 aliphatic rings. The lowest BCUT2D eigenvalue weighted by molar-refractivity contribution is 0.0381. The van der Waals surface area contributed by atoms with Crippen LogP contribution in [0, 0.1) is 0 Å². The van der Waals surface area contributed by atoms with E-state index in [1.54, 1.807) is 6.20 Å². The van der Waals surface area contributed by atoms with Gasteiger partial charge in [0.25, 0.3) is 0 Å². The van der Waals surface area contributed by atoms with Crippen molar-refractivity contribution in [1.82, 2.24) is 4.98 Å². The number of rotatable bonds is 3. The molecule has 1 fully saturated rings. The third kappa shape index (κ3) is 3.33. The van der Waals surface area contributed by atoms with Crippen molar-refractivity contribution >= 4 is 11.5 Å². The van der Waals surface area contributed by atoms with Crippen molar-refractivity contribution < 1.29 is 5.11 Å². The number of aromatic nitrogens is 1. The molecule has 1 aromatic heterocycles. The maximum Gasteiger partial charge on any atom is 0.146 e. The predicted molar refractivity (Wildman–Crippen MR) is 69.8 cm³/mol. The fourth-order valence-electron chi connectivity index (χ4n) is 2.39. The van der Waals surface area contributed by atoms with Crippen molar-refractivity contribution in [3.63, 3.8) is 0 Å². The summed E-state index contributed by atoms with van der Waals surface area (Å²) in [6.07, 6.45) is 8.11. The van der Waals surface area contributed by atoms with Gasteiger partial charge in [-0.05, 0) is 25.0 Å². The Hall–Kier alpha value is -1.29. The first-order chi connectivity index (χ1) is 8.20. The Labute approximate surface area is 102 Å². The van der Waals surface area contributed by atoms with Gasteiger partial charge >= 0.3 is 0 Å². The predicted octanol–water partition coefficient (Wildman–Crippen LogP) is 2.16. The van der Waals surface area contributed by atoms with Gasteiger partial charge in [0.15, 0.2) is 0 Å². The highest BCUT2D eigenvalue weighted by molar-refractivity contribution is 5.60. The zero-order valence-corrected chi connectivity index (χ0v) is 10.2. The molecule has 0 aliphatic heterocycles. The summed E-state index contributed by atoms with van der Waals surface area (Å²) in [7, 11) is 0. The third-order valence-electron chi connectivity index (χ3n) is 3.48. The van der Waals surface area contributed by atoms with Crippen LogP contribution in [0.5, 0.6) is 0 Å². The molecule has 0 spiro atoms. The molecule has 17 heavy (non-hydrogen) atoms. The first-order valence-corrected chi connectivity index (χ1v) is 6.36. The van der Waals surface area contributed by atoms with Crippen LogP contribution < -0.4 is 11.1 Å². The summed E-state index contributed by atoms with van der Waals surface area (Å²) in [5, 5.41) is 13.7. The van der Waals surface area contributed by atoms with E-state index in [9.17, 15) is 5.11 Å². The summed E-state index contributed by atoms with van der Waals surface area (Å²) >= 11 is 0. The molecule has 4 nitrogen and oxygen atoms in total. The van der Waals surface area contributed by atoms with E-state index < -0.39 is 5.60 Å². The first-order valence-electron chi connectivity index (χ1n) is 6.36. The molecule has 0 bridgehead atoms. The highest BCUT2D eigenvalue weighted by atomic mass is 16.3. The fourth-order valence-corrected chi connectivity index (χ4v) is 2.39. The standard InChI is InChI=1S/C13H21N3O/c14-12-11(6-5-9-15-12)16-10-13(17)7-3-1-2-4-8-13/h5-6,9,16-17H,1-4,7-8,10H2,(H2,14,15). The van der Waals surface area contributed by atoms with Gasteiger partial charge in [-0.25, -0.2) is 4.98 Å². The number of nitrogens with two attached hydrogens (primary N) is 1. The Morgan fingerprint density at radius 1 is 1.29 bits per heavy atom. The van der Waals surface area contributed by atoms with Gasteiger partial charge in [0.1, 0.15) is 5.82 Å². The minimum atomic E-state index is -0.585. The highest BCUT2D eigenvalue weighted by Crippen LogP contribution is 2.27. The first kappa shape index (κ1) is 12.2. The lowest BCUT2D eigenvalue weighted by Gasteiger charge is -2.27. The molecule has 2 rings (SSSR count). The van der Waals surface area contributed by atoms with Crippen LogP contribution in [0.25, 0.3) is 0 Å². The van der Waals surface area contributed by atoms with Crippen molar-refractivity contribution in [2.75, 3.05) is 17.6 Å². The number of nitrogens with zero attached hydrogens (tertiary/aromatic N) is 1. The monoisotopic (exact) mass is 235 g/mol. The molecular formula is C13H21N3O. The van der Waals surface area contributed by atoms with E-state index in [4.69, 9.17) is 5.73 Å².